The van der Waals surface area contributed by atoms with E-state index in [9.17, 15) is 8.78 Å². The molecule has 0 radical (unpaired) electrons. The second-order valence-electron chi connectivity index (χ2n) is 6.95. The Morgan fingerprint density at radius 1 is 0.962 bits per heavy atom. The third-order valence-electron chi connectivity index (χ3n) is 5.25. The lowest BCUT2D eigenvalue weighted by atomic mass is 10.00. The standard InChI is InChI=1S/C22H22F2N2/c1-16-6-2-3-7-18(16)15-26-13-5-12-25-11-4-8-21(25)22(26)17-9-10-19(23)20(24)14-17/h2-4,6-11,14,22H,5,12-13,15H2,1H3. The molecule has 0 fully saturated rings. The fraction of sp³-hybridized carbons (Fsp3) is 0.273. The average Bonchev–Trinajstić information content (AvgIpc) is 3.01. The average molecular weight is 352 g/mol. The highest BCUT2D eigenvalue weighted by molar-refractivity contribution is 5.32. The molecule has 0 saturated heterocycles. The first-order valence-corrected chi connectivity index (χ1v) is 9.02. The molecule has 3 aromatic rings. The highest BCUT2D eigenvalue weighted by atomic mass is 19.2. The minimum absolute atomic E-state index is 0.0952. The van der Waals surface area contributed by atoms with Crippen molar-refractivity contribution in [3.8, 4) is 0 Å². The molecule has 1 unspecified atom stereocenters. The van der Waals surface area contributed by atoms with Gasteiger partial charge < -0.3 is 4.57 Å². The number of aryl methyl sites for hydroxylation is 2. The van der Waals surface area contributed by atoms with Gasteiger partial charge in [0, 0.05) is 31.5 Å². The lowest BCUT2D eigenvalue weighted by Gasteiger charge is -2.31. The van der Waals surface area contributed by atoms with Crippen LogP contribution in [0.25, 0.3) is 0 Å². The van der Waals surface area contributed by atoms with E-state index in [1.165, 1.54) is 23.3 Å². The lowest BCUT2D eigenvalue weighted by Crippen LogP contribution is -2.30. The molecule has 1 aliphatic heterocycles. The predicted octanol–water partition coefficient (Wildman–Crippen LogP) is 5.07. The first-order chi connectivity index (χ1) is 12.6. The van der Waals surface area contributed by atoms with Crippen LogP contribution in [0.1, 0.15) is 34.8 Å². The summed E-state index contributed by atoms with van der Waals surface area (Å²) in [6.45, 7) is 4.73. The lowest BCUT2D eigenvalue weighted by molar-refractivity contribution is 0.219. The van der Waals surface area contributed by atoms with Crippen LogP contribution in [0.4, 0.5) is 8.78 Å². The summed E-state index contributed by atoms with van der Waals surface area (Å²) in [6.07, 6.45) is 3.09. The Kier molecular flexibility index (Phi) is 4.60. The first kappa shape index (κ1) is 17.0. The minimum Gasteiger partial charge on any atom is -0.350 e. The number of fused-ring (bicyclic) bond motifs is 1. The van der Waals surface area contributed by atoms with Crippen LogP contribution in [-0.4, -0.2) is 16.0 Å². The Morgan fingerprint density at radius 3 is 2.62 bits per heavy atom. The Bertz CT molecular complexity index is 916. The molecule has 1 aromatic heterocycles. The molecule has 4 heteroatoms. The van der Waals surface area contributed by atoms with E-state index in [1.807, 2.05) is 12.1 Å². The molecule has 1 aliphatic rings. The number of halogens is 2. The van der Waals surface area contributed by atoms with E-state index in [-0.39, 0.29) is 6.04 Å². The summed E-state index contributed by atoms with van der Waals surface area (Å²) in [5, 5.41) is 0. The smallest absolute Gasteiger partial charge is 0.159 e. The normalized spacial score (nSPS) is 17.7. The third kappa shape index (κ3) is 3.17. The summed E-state index contributed by atoms with van der Waals surface area (Å²) in [5.74, 6) is -1.59. The molecule has 0 amide bonds. The van der Waals surface area contributed by atoms with Crippen LogP contribution in [-0.2, 0) is 13.1 Å². The van der Waals surface area contributed by atoms with Crippen molar-refractivity contribution < 1.29 is 8.78 Å². The zero-order chi connectivity index (χ0) is 18.1. The Labute approximate surface area is 152 Å². The molecule has 2 heterocycles. The summed E-state index contributed by atoms with van der Waals surface area (Å²) >= 11 is 0. The number of hydrogen-bond donors (Lipinski definition) is 0. The van der Waals surface area contributed by atoms with Gasteiger partial charge in [-0.25, -0.2) is 8.78 Å². The van der Waals surface area contributed by atoms with Crippen molar-refractivity contribution in [3.05, 3.63) is 94.8 Å². The van der Waals surface area contributed by atoms with Crippen LogP contribution in [0.5, 0.6) is 0 Å². The molecule has 0 N–H and O–H groups in total. The number of benzene rings is 2. The summed E-state index contributed by atoms with van der Waals surface area (Å²) in [4.78, 5) is 2.37. The van der Waals surface area contributed by atoms with Crippen LogP contribution in [0.3, 0.4) is 0 Å². The molecule has 0 bridgehead atoms. The van der Waals surface area contributed by atoms with Gasteiger partial charge in [0.15, 0.2) is 11.6 Å². The van der Waals surface area contributed by atoms with Crippen LogP contribution < -0.4 is 0 Å². The largest absolute Gasteiger partial charge is 0.350 e. The van der Waals surface area contributed by atoms with Gasteiger partial charge in [-0.15, -0.1) is 0 Å². The van der Waals surface area contributed by atoms with E-state index < -0.39 is 11.6 Å². The van der Waals surface area contributed by atoms with Gasteiger partial charge in [0.1, 0.15) is 0 Å². The van der Waals surface area contributed by atoms with Gasteiger partial charge in [0.25, 0.3) is 0 Å². The van der Waals surface area contributed by atoms with E-state index in [0.29, 0.717) is 0 Å². The SMILES string of the molecule is Cc1ccccc1CN1CCCn2cccc2C1c1ccc(F)c(F)c1. The monoisotopic (exact) mass is 352 g/mol. The molecule has 26 heavy (non-hydrogen) atoms. The van der Waals surface area contributed by atoms with Crippen molar-refractivity contribution in [1.82, 2.24) is 9.47 Å². The van der Waals surface area contributed by atoms with E-state index >= 15 is 0 Å². The molecule has 4 rings (SSSR count). The first-order valence-electron chi connectivity index (χ1n) is 9.02. The summed E-state index contributed by atoms with van der Waals surface area (Å²) in [5.41, 5.74) is 4.43. The maximum absolute atomic E-state index is 14.0. The molecular formula is C22H22F2N2. The molecule has 134 valence electrons. The maximum Gasteiger partial charge on any atom is 0.159 e. The maximum atomic E-state index is 14.0. The van der Waals surface area contributed by atoms with E-state index in [2.05, 4.69) is 46.9 Å². The fourth-order valence-electron chi connectivity index (χ4n) is 3.88. The van der Waals surface area contributed by atoms with Gasteiger partial charge in [-0.05, 0) is 54.3 Å². The molecule has 0 aliphatic carbocycles. The number of hydrogen-bond acceptors (Lipinski definition) is 1. The van der Waals surface area contributed by atoms with Crippen molar-refractivity contribution >= 4 is 0 Å². The van der Waals surface area contributed by atoms with Crippen LogP contribution in [0.2, 0.25) is 0 Å². The summed E-state index contributed by atoms with van der Waals surface area (Å²) in [6, 6.07) is 16.6. The highest BCUT2D eigenvalue weighted by Crippen LogP contribution is 2.34. The van der Waals surface area contributed by atoms with Gasteiger partial charge in [-0.2, -0.15) is 0 Å². The van der Waals surface area contributed by atoms with Gasteiger partial charge in [-0.1, -0.05) is 30.3 Å². The molecule has 2 nitrogen and oxygen atoms in total. The van der Waals surface area contributed by atoms with Gasteiger partial charge in [0.05, 0.1) is 6.04 Å². The summed E-state index contributed by atoms with van der Waals surface area (Å²) in [7, 11) is 0. The predicted molar refractivity (Wildman–Crippen MR) is 98.8 cm³/mol. The Morgan fingerprint density at radius 2 is 1.81 bits per heavy atom. The van der Waals surface area contributed by atoms with Crippen LogP contribution in [0.15, 0.2) is 60.8 Å². The second-order valence-corrected chi connectivity index (χ2v) is 6.95. The quantitative estimate of drug-likeness (QED) is 0.639. The number of nitrogens with zero attached hydrogens (tertiary/aromatic N) is 2. The fourth-order valence-corrected chi connectivity index (χ4v) is 3.88. The van der Waals surface area contributed by atoms with Crippen LogP contribution in [0, 0.1) is 18.6 Å². The van der Waals surface area contributed by atoms with Crippen molar-refractivity contribution in [3.63, 3.8) is 0 Å². The third-order valence-corrected chi connectivity index (χ3v) is 5.25. The zero-order valence-electron chi connectivity index (χ0n) is 14.8. The second kappa shape index (κ2) is 7.04. The zero-order valence-corrected chi connectivity index (χ0v) is 14.8. The number of aromatic nitrogens is 1. The van der Waals surface area contributed by atoms with Crippen molar-refractivity contribution in [2.24, 2.45) is 0 Å². The molecule has 1 atom stereocenters. The van der Waals surface area contributed by atoms with E-state index in [0.717, 1.165) is 37.3 Å². The number of rotatable bonds is 3. The molecular weight excluding hydrogens is 330 g/mol. The minimum atomic E-state index is -0.803. The highest BCUT2D eigenvalue weighted by Gasteiger charge is 2.28. The van der Waals surface area contributed by atoms with Gasteiger partial charge in [-0.3, -0.25) is 4.90 Å². The van der Waals surface area contributed by atoms with E-state index in [4.69, 9.17) is 0 Å². The Balaban J connectivity index is 1.78. The van der Waals surface area contributed by atoms with Crippen LogP contribution >= 0.6 is 0 Å². The molecule has 0 saturated carbocycles. The van der Waals surface area contributed by atoms with Crippen molar-refractivity contribution in [2.75, 3.05) is 6.54 Å². The van der Waals surface area contributed by atoms with Gasteiger partial charge in [0.2, 0.25) is 0 Å². The van der Waals surface area contributed by atoms with Gasteiger partial charge >= 0.3 is 0 Å². The topological polar surface area (TPSA) is 8.17 Å². The summed E-state index contributed by atoms with van der Waals surface area (Å²) < 4.78 is 29.7. The molecule has 2 aromatic carbocycles. The molecule has 0 spiro atoms. The van der Waals surface area contributed by atoms with Crippen molar-refractivity contribution in [2.45, 2.75) is 32.5 Å². The van der Waals surface area contributed by atoms with E-state index in [1.54, 1.807) is 6.07 Å². The Hall–Kier alpha value is -2.46. The van der Waals surface area contributed by atoms with Crippen molar-refractivity contribution in [1.29, 1.82) is 0 Å².